The third-order valence-electron chi connectivity index (χ3n) is 7.71. The third kappa shape index (κ3) is 7.60. The van der Waals surface area contributed by atoms with Gasteiger partial charge < -0.3 is 28.5 Å². The van der Waals surface area contributed by atoms with E-state index in [0.717, 1.165) is 10.8 Å². The Kier molecular flexibility index (Phi) is 10.7. The van der Waals surface area contributed by atoms with E-state index >= 15 is 4.39 Å². The first-order valence-electron chi connectivity index (χ1n) is 15.4. The second kappa shape index (κ2) is 14.1. The molecular weight excluding hydrogens is 682 g/mol. The highest BCUT2D eigenvalue weighted by Gasteiger charge is 2.57. The number of hydrogen-bond donors (Lipinski definition) is 2. The highest BCUT2D eigenvalue weighted by atomic mass is 35.5. The first-order chi connectivity index (χ1) is 22.6. The van der Waals surface area contributed by atoms with Gasteiger partial charge in [0.15, 0.2) is 29.4 Å². The van der Waals surface area contributed by atoms with Gasteiger partial charge in [-0.05, 0) is 42.5 Å². The number of benzene rings is 2. The maximum absolute atomic E-state index is 16.0. The van der Waals surface area contributed by atoms with Crippen LogP contribution in [0.2, 0.25) is 0 Å². The number of aromatic nitrogens is 4. The Hall–Kier alpha value is -2.97. The fourth-order valence-electron chi connectivity index (χ4n) is 5.20. The molecule has 1 aliphatic rings. The standard InChI is InChI=1S/C32H41ClFN6O6PS/c1-19(30(42)43-16-31(3,4)5)38-47(48,46-23-14-10-12-21-11-8-9-13-22(21)23)44-17-32(15-33)26(41)24(34)29(45-32)40-18-35-25-27(39(6)7)36-20(2)37-28(25)40/h8-14,18-19,24,26,29,41H,15-17H2,1-7H3,(H,38,48)/t19-,24-,26-,29+,32+,47?/m0/s1. The first kappa shape index (κ1) is 36.3. The lowest BCUT2D eigenvalue weighted by Crippen LogP contribution is -2.48. The van der Waals surface area contributed by atoms with E-state index in [0.29, 0.717) is 28.6 Å². The van der Waals surface area contributed by atoms with Gasteiger partial charge in [-0.15, -0.1) is 11.6 Å². The van der Waals surface area contributed by atoms with Gasteiger partial charge in [-0.1, -0.05) is 57.2 Å². The molecule has 16 heteroatoms. The number of aryl methyl sites for hydroxylation is 1. The maximum atomic E-state index is 16.0. The Morgan fingerprint density at radius 3 is 2.65 bits per heavy atom. The quantitative estimate of drug-likeness (QED) is 0.110. The molecule has 1 fully saturated rings. The second-order valence-electron chi connectivity index (χ2n) is 13.3. The van der Waals surface area contributed by atoms with Crippen molar-refractivity contribution in [1.29, 1.82) is 0 Å². The number of nitrogens with one attached hydrogen (secondary N) is 1. The second-order valence-corrected chi connectivity index (χ2v) is 16.7. The zero-order chi connectivity index (χ0) is 35.0. The molecule has 2 aromatic carbocycles. The largest absolute Gasteiger partial charge is 0.464 e. The van der Waals surface area contributed by atoms with Gasteiger partial charge in [-0.3, -0.25) is 9.36 Å². The molecule has 48 heavy (non-hydrogen) atoms. The molecule has 1 saturated heterocycles. The number of carbonyl (C=O) groups is 1. The predicted molar refractivity (Wildman–Crippen MR) is 187 cm³/mol. The van der Waals surface area contributed by atoms with Crippen LogP contribution >= 0.6 is 18.2 Å². The van der Waals surface area contributed by atoms with E-state index in [1.807, 2.05) is 71.3 Å². The molecule has 2 N–H and O–H groups in total. The average Bonchev–Trinajstić information content (AvgIpc) is 3.56. The van der Waals surface area contributed by atoms with Crippen LogP contribution in [-0.4, -0.2) is 87.7 Å². The van der Waals surface area contributed by atoms with Gasteiger partial charge >= 0.3 is 12.6 Å². The lowest BCUT2D eigenvalue weighted by Gasteiger charge is -2.33. The summed E-state index contributed by atoms with van der Waals surface area (Å²) in [5.41, 5.74) is -1.26. The topological polar surface area (TPSA) is 133 Å². The minimum Gasteiger partial charge on any atom is -0.464 e. The van der Waals surface area contributed by atoms with Crippen molar-refractivity contribution < 1.29 is 32.8 Å². The molecule has 0 amide bonds. The van der Waals surface area contributed by atoms with Crippen LogP contribution in [-0.2, 0) is 30.6 Å². The van der Waals surface area contributed by atoms with Crippen LogP contribution in [0.15, 0.2) is 48.8 Å². The van der Waals surface area contributed by atoms with Crippen molar-refractivity contribution in [3.63, 3.8) is 0 Å². The molecule has 1 aliphatic heterocycles. The molecule has 12 nitrogen and oxygen atoms in total. The number of imidazole rings is 1. The summed E-state index contributed by atoms with van der Waals surface area (Å²) in [5, 5.41) is 16.0. The molecular formula is C32H41ClFN6O6PS. The molecule has 2 aromatic heterocycles. The van der Waals surface area contributed by atoms with Crippen LogP contribution in [0.25, 0.3) is 21.9 Å². The summed E-state index contributed by atoms with van der Waals surface area (Å²) in [6.45, 7) is 5.20. The van der Waals surface area contributed by atoms with Gasteiger partial charge in [0, 0.05) is 19.5 Å². The number of rotatable bonds is 12. The minimum absolute atomic E-state index is 0.184. The summed E-state index contributed by atoms with van der Waals surface area (Å²) in [7, 11) is 3.63. The normalized spacial score (nSPS) is 23.2. The zero-order valence-electron chi connectivity index (χ0n) is 27.9. The van der Waals surface area contributed by atoms with Crippen molar-refractivity contribution in [2.75, 3.05) is 38.1 Å². The lowest BCUT2D eigenvalue weighted by molar-refractivity contribution is -0.148. The molecule has 0 spiro atoms. The van der Waals surface area contributed by atoms with Gasteiger partial charge in [0.2, 0.25) is 0 Å². The fraction of sp³-hybridized carbons (Fsp3) is 0.500. The van der Waals surface area contributed by atoms with E-state index in [1.54, 1.807) is 24.8 Å². The highest BCUT2D eigenvalue weighted by Crippen LogP contribution is 2.50. The van der Waals surface area contributed by atoms with Crippen LogP contribution in [0.1, 0.15) is 39.7 Å². The van der Waals surface area contributed by atoms with Gasteiger partial charge in [-0.25, -0.2) is 24.4 Å². The van der Waals surface area contributed by atoms with Crippen molar-refractivity contribution in [2.45, 2.75) is 64.8 Å². The molecule has 0 bridgehead atoms. The Bertz CT molecular complexity index is 1840. The molecule has 0 aliphatic carbocycles. The number of esters is 1. The van der Waals surface area contributed by atoms with Crippen molar-refractivity contribution in [2.24, 2.45) is 5.41 Å². The van der Waals surface area contributed by atoms with E-state index in [2.05, 4.69) is 20.0 Å². The summed E-state index contributed by atoms with van der Waals surface area (Å²) in [4.78, 5) is 28.1. The van der Waals surface area contributed by atoms with Crippen LogP contribution in [0, 0.1) is 12.3 Å². The fourth-order valence-corrected chi connectivity index (χ4v) is 7.94. The number of fused-ring (bicyclic) bond motifs is 2. The molecule has 4 aromatic rings. The predicted octanol–water partition coefficient (Wildman–Crippen LogP) is 5.45. The Morgan fingerprint density at radius 1 is 1.25 bits per heavy atom. The average molecular weight is 723 g/mol. The van der Waals surface area contributed by atoms with E-state index in [1.165, 1.54) is 10.9 Å². The monoisotopic (exact) mass is 722 g/mol. The van der Waals surface area contributed by atoms with E-state index < -0.39 is 49.4 Å². The summed E-state index contributed by atoms with van der Waals surface area (Å²) < 4.78 is 41.8. The summed E-state index contributed by atoms with van der Waals surface area (Å²) in [6.07, 6.45) is -3.64. The minimum atomic E-state index is -3.65. The number of aliphatic hydroxyl groups excluding tert-OH is 1. The van der Waals surface area contributed by atoms with Crippen LogP contribution in [0.4, 0.5) is 10.2 Å². The Morgan fingerprint density at radius 2 is 1.96 bits per heavy atom. The van der Waals surface area contributed by atoms with E-state index in [9.17, 15) is 9.90 Å². The Labute approximate surface area is 289 Å². The van der Waals surface area contributed by atoms with Gasteiger partial charge in [0.05, 0.1) is 25.4 Å². The lowest BCUT2D eigenvalue weighted by atomic mass is 9.99. The summed E-state index contributed by atoms with van der Waals surface area (Å²) in [5.74, 6) is 0.483. The molecule has 260 valence electrons. The number of ether oxygens (including phenoxy) is 2. The van der Waals surface area contributed by atoms with Crippen LogP contribution < -0.4 is 14.5 Å². The highest BCUT2D eigenvalue weighted by molar-refractivity contribution is 8.09. The number of hydrogen-bond acceptors (Lipinski definition) is 11. The van der Waals surface area contributed by atoms with Crippen molar-refractivity contribution in [1.82, 2.24) is 24.6 Å². The van der Waals surface area contributed by atoms with Crippen molar-refractivity contribution >= 4 is 63.8 Å². The third-order valence-corrected chi connectivity index (χ3v) is 10.6. The van der Waals surface area contributed by atoms with Crippen molar-refractivity contribution in [3.05, 3.63) is 54.6 Å². The van der Waals surface area contributed by atoms with Crippen LogP contribution in [0.3, 0.4) is 0 Å². The molecule has 0 saturated carbocycles. The molecule has 0 radical (unpaired) electrons. The van der Waals surface area contributed by atoms with Crippen molar-refractivity contribution in [3.8, 4) is 5.75 Å². The number of aliphatic hydroxyl groups is 1. The number of alkyl halides is 2. The summed E-state index contributed by atoms with van der Waals surface area (Å²) >= 11 is 12.4. The summed E-state index contributed by atoms with van der Waals surface area (Å²) in [6, 6.07) is 12.1. The molecule has 1 unspecified atom stereocenters. The van der Waals surface area contributed by atoms with Crippen LogP contribution in [0.5, 0.6) is 5.75 Å². The number of nitrogens with zero attached hydrogens (tertiary/aromatic N) is 5. The number of halogens is 2. The molecule has 5 rings (SSSR count). The first-order valence-corrected chi connectivity index (χ1v) is 18.5. The Balaban J connectivity index is 1.44. The zero-order valence-corrected chi connectivity index (χ0v) is 30.4. The van der Waals surface area contributed by atoms with E-state index in [4.69, 9.17) is 41.9 Å². The number of anilines is 1. The molecule has 6 atom stereocenters. The smallest absolute Gasteiger partial charge is 0.323 e. The maximum Gasteiger partial charge on any atom is 0.323 e. The van der Waals surface area contributed by atoms with Gasteiger partial charge in [0.1, 0.15) is 29.3 Å². The number of carbonyl (C=O) groups excluding carboxylic acids is 1. The molecule has 3 heterocycles. The SMILES string of the molecule is Cc1nc(N(C)C)c2ncn([C@@H]3O[C@](CCl)(COP(=S)(N[C@@H](C)C(=O)OCC(C)(C)C)Oc4cccc5ccccc45)[C@@H](O)[C@@H]3F)c2n1. The van der Waals surface area contributed by atoms with Gasteiger partial charge in [-0.2, -0.15) is 0 Å². The van der Waals surface area contributed by atoms with E-state index in [-0.39, 0.29) is 17.9 Å². The van der Waals surface area contributed by atoms with Gasteiger partial charge in [0.25, 0.3) is 0 Å².